The van der Waals surface area contributed by atoms with Crippen LogP contribution in [-0.2, 0) is 27.2 Å². The van der Waals surface area contributed by atoms with Gasteiger partial charge in [0.1, 0.15) is 5.78 Å². The van der Waals surface area contributed by atoms with E-state index in [2.05, 4.69) is 5.32 Å². The molecule has 180 valence electrons. The van der Waals surface area contributed by atoms with E-state index in [9.17, 15) is 14.4 Å². The van der Waals surface area contributed by atoms with Crippen molar-refractivity contribution in [2.24, 2.45) is 5.92 Å². The van der Waals surface area contributed by atoms with E-state index in [1.807, 2.05) is 59.5 Å². The van der Waals surface area contributed by atoms with Gasteiger partial charge in [-0.2, -0.15) is 0 Å². The van der Waals surface area contributed by atoms with Crippen molar-refractivity contribution in [1.29, 1.82) is 0 Å². The number of halogens is 1. The molecule has 2 atom stereocenters. The number of amides is 2. The third-order valence-corrected chi connectivity index (χ3v) is 7.49. The second-order valence-corrected chi connectivity index (χ2v) is 10.2. The van der Waals surface area contributed by atoms with E-state index in [0.29, 0.717) is 50.2 Å². The van der Waals surface area contributed by atoms with Crippen molar-refractivity contribution in [2.75, 3.05) is 13.1 Å². The lowest BCUT2D eigenvalue weighted by Crippen LogP contribution is -2.46. The lowest BCUT2D eigenvalue weighted by atomic mass is 9.84. The molecule has 0 unspecified atom stereocenters. The van der Waals surface area contributed by atoms with Gasteiger partial charge in [0.25, 0.3) is 0 Å². The van der Waals surface area contributed by atoms with Gasteiger partial charge in [0, 0.05) is 48.8 Å². The van der Waals surface area contributed by atoms with Crippen molar-refractivity contribution in [3.05, 3.63) is 70.7 Å². The summed E-state index contributed by atoms with van der Waals surface area (Å²) in [5.74, 6) is 0.305. The average molecular weight is 481 g/mol. The van der Waals surface area contributed by atoms with Crippen LogP contribution in [0.4, 0.5) is 0 Å². The molecule has 4 rings (SSSR count). The fourth-order valence-electron chi connectivity index (χ4n) is 5.26. The largest absolute Gasteiger partial charge is 0.350 e. The molecular formula is C28H33ClN2O3. The average Bonchev–Trinajstić information content (AvgIpc) is 3.23. The number of nitrogens with one attached hydrogen (secondary N) is 1. The monoisotopic (exact) mass is 480 g/mol. The van der Waals surface area contributed by atoms with Gasteiger partial charge in [0.15, 0.2) is 0 Å². The van der Waals surface area contributed by atoms with E-state index < -0.39 is 5.54 Å². The molecule has 1 N–H and O–H groups in total. The third-order valence-electron chi connectivity index (χ3n) is 7.24. The highest BCUT2D eigenvalue weighted by Crippen LogP contribution is 2.31. The van der Waals surface area contributed by atoms with Crippen molar-refractivity contribution in [3.8, 4) is 0 Å². The Balaban J connectivity index is 1.31. The molecule has 0 bridgehead atoms. The summed E-state index contributed by atoms with van der Waals surface area (Å²) < 4.78 is 0. The molecule has 2 aliphatic heterocycles. The van der Waals surface area contributed by atoms with Crippen LogP contribution in [0.15, 0.2) is 54.6 Å². The Labute approximate surface area is 206 Å². The molecule has 2 saturated heterocycles. The van der Waals surface area contributed by atoms with Crippen LogP contribution in [0.1, 0.15) is 56.1 Å². The van der Waals surface area contributed by atoms with Gasteiger partial charge in [-0.25, -0.2) is 0 Å². The summed E-state index contributed by atoms with van der Waals surface area (Å²) in [6.45, 7) is 1.22. The highest BCUT2D eigenvalue weighted by atomic mass is 35.5. The number of carbonyl (C=O) groups is 3. The smallest absolute Gasteiger partial charge is 0.222 e. The lowest BCUT2D eigenvalue weighted by Gasteiger charge is -2.34. The number of carbonyl (C=O) groups excluding carboxylic acids is 3. The van der Waals surface area contributed by atoms with Crippen molar-refractivity contribution in [2.45, 2.75) is 63.3 Å². The Morgan fingerprint density at radius 3 is 2.50 bits per heavy atom. The first kappa shape index (κ1) is 24.5. The molecule has 2 aromatic carbocycles. The molecule has 6 heteroatoms. The highest BCUT2D eigenvalue weighted by molar-refractivity contribution is 6.30. The van der Waals surface area contributed by atoms with Crippen LogP contribution < -0.4 is 5.32 Å². The Kier molecular flexibility index (Phi) is 8.04. The van der Waals surface area contributed by atoms with Crippen LogP contribution >= 0.6 is 11.6 Å². The van der Waals surface area contributed by atoms with Crippen LogP contribution in [0.5, 0.6) is 0 Å². The van der Waals surface area contributed by atoms with Gasteiger partial charge in [-0.15, -0.1) is 0 Å². The normalized spacial score (nSPS) is 22.4. The van der Waals surface area contributed by atoms with Crippen LogP contribution in [0.25, 0.3) is 0 Å². The van der Waals surface area contributed by atoms with E-state index in [1.165, 1.54) is 5.56 Å². The molecule has 2 aromatic rings. The predicted octanol–water partition coefficient (Wildman–Crippen LogP) is 4.75. The van der Waals surface area contributed by atoms with E-state index in [-0.39, 0.29) is 23.5 Å². The summed E-state index contributed by atoms with van der Waals surface area (Å²) >= 11 is 6.02. The summed E-state index contributed by atoms with van der Waals surface area (Å²) in [6.07, 6.45) is 5.86. The van der Waals surface area contributed by atoms with Crippen molar-refractivity contribution < 1.29 is 14.4 Å². The minimum Gasteiger partial charge on any atom is -0.350 e. The van der Waals surface area contributed by atoms with Gasteiger partial charge in [-0.3, -0.25) is 14.4 Å². The number of benzene rings is 2. The molecule has 2 fully saturated rings. The van der Waals surface area contributed by atoms with E-state index in [4.69, 9.17) is 11.6 Å². The van der Waals surface area contributed by atoms with E-state index in [0.717, 1.165) is 31.2 Å². The molecule has 2 amide bonds. The van der Waals surface area contributed by atoms with E-state index >= 15 is 0 Å². The quantitative estimate of drug-likeness (QED) is 0.563. The number of piperidine rings is 1. The molecule has 0 saturated carbocycles. The number of hydrogen-bond acceptors (Lipinski definition) is 3. The van der Waals surface area contributed by atoms with E-state index in [1.54, 1.807) is 0 Å². The zero-order chi connectivity index (χ0) is 24.0. The molecular weight excluding hydrogens is 448 g/mol. The van der Waals surface area contributed by atoms with Crippen molar-refractivity contribution >= 4 is 29.2 Å². The van der Waals surface area contributed by atoms with Gasteiger partial charge in [-0.1, -0.05) is 54.1 Å². The minimum atomic E-state index is -0.402. The molecule has 0 spiro atoms. The van der Waals surface area contributed by atoms with Gasteiger partial charge in [0.05, 0.1) is 0 Å². The number of likely N-dealkylation sites (tertiary alicyclic amines) is 1. The number of rotatable bonds is 9. The fourth-order valence-corrected chi connectivity index (χ4v) is 5.39. The zero-order valence-corrected chi connectivity index (χ0v) is 20.4. The Hall–Kier alpha value is -2.66. The Bertz CT molecular complexity index is 1010. The van der Waals surface area contributed by atoms with Crippen LogP contribution in [0.2, 0.25) is 5.02 Å². The van der Waals surface area contributed by atoms with Gasteiger partial charge >= 0.3 is 0 Å². The first-order valence-electron chi connectivity index (χ1n) is 12.3. The first-order chi connectivity index (χ1) is 16.4. The second-order valence-electron chi connectivity index (χ2n) is 9.76. The Morgan fingerprint density at radius 2 is 1.79 bits per heavy atom. The minimum absolute atomic E-state index is 0.0449. The van der Waals surface area contributed by atoms with Crippen molar-refractivity contribution in [1.82, 2.24) is 10.2 Å². The maximum atomic E-state index is 13.1. The number of Topliss-reactive ketones (excluding diaryl/α,β-unsaturated/α-hetero) is 1. The summed E-state index contributed by atoms with van der Waals surface area (Å²) in [6, 6.07) is 17.7. The number of nitrogens with zero attached hydrogens (tertiary/aromatic N) is 1. The zero-order valence-electron chi connectivity index (χ0n) is 19.6. The molecule has 2 heterocycles. The third kappa shape index (κ3) is 6.47. The number of aryl methyl sites for hydroxylation is 1. The molecule has 0 aromatic heterocycles. The summed E-state index contributed by atoms with van der Waals surface area (Å²) in [5.41, 5.74) is 1.87. The molecule has 0 radical (unpaired) electrons. The molecule has 34 heavy (non-hydrogen) atoms. The number of ketones is 1. The Morgan fingerprint density at radius 1 is 1.03 bits per heavy atom. The fraction of sp³-hybridized carbons (Fsp3) is 0.464. The molecule has 0 aliphatic carbocycles. The second kappa shape index (κ2) is 11.2. The number of hydrogen-bond donors (Lipinski definition) is 1. The van der Waals surface area contributed by atoms with Gasteiger partial charge in [-0.05, 0) is 61.8 Å². The standard InChI is InChI=1S/C28H33ClN2O3/c29-24-11-8-22(9-12-24)19-28(16-14-26(33)30-28)17-15-27(34)31-18-4-7-23(20-31)25(32)13-10-21-5-2-1-3-6-21/h1-3,5-6,8-9,11-12,23H,4,7,10,13-20H2,(H,30,33)/t23-,28+/m1/s1. The van der Waals surface area contributed by atoms with Crippen molar-refractivity contribution in [3.63, 3.8) is 0 Å². The lowest BCUT2D eigenvalue weighted by molar-refractivity contribution is -0.135. The topological polar surface area (TPSA) is 66.5 Å². The maximum Gasteiger partial charge on any atom is 0.222 e. The van der Waals surface area contributed by atoms with Gasteiger partial charge < -0.3 is 10.2 Å². The summed E-state index contributed by atoms with van der Waals surface area (Å²) in [5, 5.41) is 3.83. The first-order valence-corrected chi connectivity index (χ1v) is 12.7. The van der Waals surface area contributed by atoms with Crippen LogP contribution in [0, 0.1) is 5.92 Å². The van der Waals surface area contributed by atoms with Gasteiger partial charge in [0.2, 0.25) is 11.8 Å². The molecule has 5 nitrogen and oxygen atoms in total. The SMILES string of the molecule is O=C1CC[C@](CCC(=O)N2CCC[C@@H](C(=O)CCc3ccccc3)C2)(Cc2ccc(Cl)cc2)N1. The summed E-state index contributed by atoms with van der Waals surface area (Å²) in [7, 11) is 0. The summed E-state index contributed by atoms with van der Waals surface area (Å²) in [4.78, 5) is 39.9. The maximum absolute atomic E-state index is 13.1. The predicted molar refractivity (Wildman–Crippen MR) is 134 cm³/mol. The molecule has 2 aliphatic rings. The van der Waals surface area contributed by atoms with Crippen LogP contribution in [0.3, 0.4) is 0 Å². The highest BCUT2D eigenvalue weighted by Gasteiger charge is 2.38. The van der Waals surface area contributed by atoms with Crippen LogP contribution in [-0.4, -0.2) is 41.1 Å².